The van der Waals surface area contributed by atoms with E-state index < -0.39 is 0 Å². The maximum atomic E-state index is 5.98. The Labute approximate surface area is 190 Å². The number of ether oxygens (including phenoxy) is 4. The normalized spacial score (nSPS) is 12.7. The fourth-order valence-corrected chi connectivity index (χ4v) is 4.71. The summed E-state index contributed by atoms with van der Waals surface area (Å²) in [6, 6.07) is 8.91. The van der Waals surface area contributed by atoms with Gasteiger partial charge in [-0.15, -0.1) is 0 Å². The molecule has 4 rings (SSSR count). The summed E-state index contributed by atoms with van der Waals surface area (Å²) in [5.74, 6) is 2.98. The van der Waals surface area contributed by atoms with Gasteiger partial charge < -0.3 is 18.9 Å². The highest BCUT2D eigenvalue weighted by molar-refractivity contribution is 6.30. The van der Waals surface area contributed by atoms with E-state index >= 15 is 0 Å². The predicted molar refractivity (Wildman–Crippen MR) is 134 cm³/mol. The first-order chi connectivity index (χ1) is 15.0. The standard InChI is InChI=1S/C28H34O4/c1-27(2,3)15-11-17-21-18(12-15)24(30-8)26(32-10)20-14-16(28(4,5)6)13-19(22(20)21)25(31-9)23(17)29-7/h11-14H,1-10H3. The van der Waals surface area contributed by atoms with E-state index in [0.29, 0.717) is 0 Å². The van der Waals surface area contributed by atoms with Gasteiger partial charge in [0.2, 0.25) is 0 Å². The molecule has 32 heavy (non-hydrogen) atoms. The molecule has 0 aliphatic rings. The van der Waals surface area contributed by atoms with Crippen LogP contribution in [0.3, 0.4) is 0 Å². The summed E-state index contributed by atoms with van der Waals surface area (Å²) in [5.41, 5.74) is 2.28. The molecule has 0 aliphatic heterocycles. The van der Waals surface area contributed by atoms with Gasteiger partial charge in [0.15, 0.2) is 23.0 Å². The van der Waals surface area contributed by atoms with E-state index in [4.69, 9.17) is 18.9 Å². The van der Waals surface area contributed by atoms with E-state index in [9.17, 15) is 0 Å². The van der Waals surface area contributed by atoms with Crippen LogP contribution in [0.5, 0.6) is 23.0 Å². The summed E-state index contributed by atoms with van der Waals surface area (Å²) in [6.45, 7) is 13.3. The zero-order valence-electron chi connectivity index (χ0n) is 20.9. The fourth-order valence-electron chi connectivity index (χ4n) is 4.71. The van der Waals surface area contributed by atoms with Crippen molar-refractivity contribution < 1.29 is 18.9 Å². The molecular weight excluding hydrogens is 400 g/mol. The molecule has 0 heterocycles. The van der Waals surface area contributed by atoms with Crippen LogP contribution in [0.4, 0.5) is 0 Å². The van der Waals surface area contributed by atoms with Crippen LogP contribution in [-0.4, -0.2) is 28.4 Å². The van der Waals surface area contributed by atoms with Crippen LogP contribution in [0, 0.1) is 0 Å². The maximum Gasteiger partial charge on any atom is 0.169 e. The van der Waals surface area contributed by atoms with Gasteiger partial charge in [0.05, 0.1) is 28.4 Å². The lowest BCUT2D eigenvalue weighted by atomic mass is 9.80. The Kier molecular flexibility index (Phi) is 5.11. The number of benzene rings is 4. The first kappa shape index (κ1) is 22.3. The molecule has 0 aliphatic carbocycles. The second-order valence-corrected chi connectivity index (χ2v) is 10.5. The fraction of sp³-hybridized carbons (Fsp3) is 0.429. The minimum Gasteiger partial charge on any atom is -0.492 e. The van der Waals surface area contributed by atoms with Crippen molar-refractivity contribution in [2.45, 2.75) is 52.4 Å². The summed E-state index contributed by atoms with van der Waals surface area (Å²) >= 11 is 0. The van der Waals surface area contributed by atoms with Gasteiger partial charge in [0.25, 0.3) is 0 Å². The van der Waals surface area contributed by atoms with Crippen LogP contribution in [0.25, 0.3) is 32.3 Å². The summed E-state index contributed by atoms with van der Waals surface area (Å²) in [4.78, 5) is 0. The van der Waals surface area contributed by atoms with E-state index in [-0.39, 0.29) is 10.8 Å². The lowest BCUT2D eigenvalue weighted by Gasteiger charge is -2.27. The molecule has 4 aromatic carbocycles. The summed E-state index contributed by atoms with van der Waals surface area (Å²) in [7, 11) is 6.84. The van der Waals surface area contributed by atoms with Crippen molar-refractivity contribution in [3.63, 3.8) is 0 Å². The molecule has 0 saturated carbocycles. The lowest BCUT2D eigenvalue weighted by Crippen LogP contribution is -2.12. The van der Waals surface area contributed by atoms with E-state index in [0.717, 1.165) is 55.3 Å². The molecule has 4 aromatic rings. The second kappa shape index (κ2) is 7.33. The minimum atomic E-state index is -0.0552. The van der Waals surface area contributed by atoms with Crippen molar-refractivity contribution in [3.8, 4) is 23.0 Å². The quantitative estimate of drug-likeness (QED) is 0.318. The van der Waals surface area contributed by atoms with Gasteiger partial charge in [0.1, 0.15) is 0 Å². The van der Waals surface area contributed by atoms with E-state index in [1.54, 1.807) is 28.4 Å². The topological polar surface area (TPSA) is 36.9 Å². The number of hydrogen-bond acceptors (Lipinski definition) is 4. The van der Waals surface area contributed by atoms with Crippen molar-refractivity contribution in [1.82, 2.24) is 0 Å². The number of hydrogen-bond donors (Lipinski definition) is 0. The van der Waals surface area contributed by atoms with Crippen molar-refractivity contribution in [1.29, 1.82) is 0 Å². The minimum absolute atomic E-state index is 0.0552. The highest BCUT2D eigenvalue weighted by atomic mass is 16.5. The highest BCUT2D eigenvalue weighted by Gasteiger charge is 2.29. The smallest absolute Gasteiger partial charge is 0.169 e. The van der Waals surface area contributed by atoms with Crippen molar-refractivity contribution in [3.05, 3.63) is 35.4 Å². The summed E-state index contributed by atoms with van der Waals surface area (Å²) in [6.07, 6.45) is 0. The molecule has 0 aromatic heterocycles. The first-order valence-corrected chi connectivity index (χ1v) is 11.0. The van der Waals surface area contributed by atoms with Gasteiger partial charge in [-0.2, -0.15) is 0 Å². The third-order valence-corrected chi connectivity index (χ3v) is 6.47. The molecule has 0 radical (unpaired) electrons. The van der Waals surface area contributed by atoms with Crippen LogP contribution >= 0.6 is 0 Å². The van der Waals surface area contributed by atoms with Gasteiger partial charge in [-0.05, 0) is 46.2 Å². The SMILES string of the molecule is COc1c(OC)c2cc(C(C)(C)C)cc3c(OC)c(OC)c4cc(C(C)(C)C)cc1c4c23. The van der Waals surface area contributed by atoms with E-state index in [1.807, 2.05) is 0 Å². The van der Waals surface area contributed by atoms with Crippen LogP contribution in [0.2, 0.25) is 0 Å². The molecular formula is C28H34O4. The second-order valence-electron chi connectivity index (χ2n) is 10.5. The van der Waals surface area contributed by atoms with Crippen molar-refractivity contribution in [2.75, 3.05) is 28.4 Å². The van der Waals surface area contributed by atoms with E-state index in [2.05, 4.69) is 65.8 Å². The third-order valence-electron chi connectivity index (χ3n) is 6.47. The van der Waals surface area contributed by atoms with Gasteiger partial charge in [-0.3, -0.25) is 0 Å². The zero-order valence-corrected chi connectivity index (χ0v) is 20.9. The molecule has 0 spiro atoms. The summed E-state index contributed by atoms with van der Waals surface area (Å²) < 4.78 is 23.9. The average molecular weight is 435 g/mol. The largest absolute Gasteiger partial charge is 0.492 e. The molecule has 4 nitrogen and oxygen atoms in total. The van der Waals surface area contributed by atoms with Crippen LogP contribution in [0.15, 0.2) is 24.3 Å². The van der Waals surface area contributed by atoms with Gasteiger partial charge in [-0.1, -0.05) is 41.5 Å². The Morgan fingerprint density at radius 3 is 0.812 bits per heavy atom. The Morgan fingerprint density at radius 1 is 0.438 bits per heavy atom. The lowest BCUT2D eigenvalue weighted by molar-refractivity contribution is 0.360. The van der Waals surface area contributed by atoms with Crippen molar-refractivity contribution in [2.24, 2.45) is 0 Å². The molecule has 0 bridgehead atoms. The Bertz CT molecular complexity index is 1130. The van der Waals surface area contributed by atoms with Crippen LogP contribution < -0.4 is 18.9 Å². The predicted octanol–water partition coefficient (Wildman–Crippen LogP) is 7.21. The van der Waals surface area contributed by atoms with Gasteiger partial charge >= 0.3 is 0 Å². The first-order valence-electron chi connectivity index (χ1n) is 11.0. The van der Waals surface area contributed by atoms with Gasteiger partial charge in [0, 0.05) is 32.3 Å². The molecule has 0 fully saturated rings. The molecule has 170 valence electrons. The Hall–Kier alpha value is -2.88. The monoisotopic (exact) mass is 434 g/mol. The molecule has 0 amide bonds. The maximum absolute atomic E-state index is 5.98. The third kappa shape index (κ3) is 3.11. The Morgan fingerprint density at radius 2 is 0.656 bits per heavy atom. The molecule has 0 atom stereocenters. The number of methoxy groups -OCH3 is 4. The van der Waals surface area contributed by atoms with Crippen LogP contribution in [-0.2, 0) is 10.8 Å². The molecule has 4 heteroatoms. The highest BCUT2D eigenvalue weighted by Crippen LogP contribution is 2.54. The molecule has 0 N–H and O–H groups in total. The van der Waals surface area contributed by atoms with Crippen LogP contribution in [0.1, 0.15) is 52.7 Å². The van der Waals surface area contributed by atoms with E-state index in [1.165, 1.54) is 11.1 Å². The average Bonchev–Trinajstić information content (AvgIpc) is 2.73. The Balaban J connectivity index is 2.42. The van der Waals surface area contributed by atoms with Gasteiger partial charge in [-0.25, -0.2) is 0 Å². The number of rotatable bonds is 4. The molecule has 0 unspecified atom stereocenters. The zero-order chi connectivity index (χ0) is 23.6. The van der Waals surface area contributed by atoms with Crippen molar-refractivity contribution >= 4 is 32.3 Å². The summed E-state index contributed by atoms with van der Waals surface area (Å²) in [5, 5.41) is 6.31. The molecule has 0 saturated heterocycles.